The van der Waals surface area contributed by atoms with E-state index in [4.69, 9.17) is 33.4 Å². The van der Waals surface area contributed by atoms with Gasteiger partial charge < -0.3 is 59.3 Å². The summed E-state index contributed by atoms with van der Waals surface area (Å²) < 4.78 is 34.7. The molecule has 6 heterocycles. The number of carbonyl (C=O) groups is 9. The Balaban J connectivity index is 0.871. The Morgan fingerprint density at radius 3 is 1.98 bits per heavy atom. The van der Waals surface area contributed by atoms with Gasteiger partial charge in [-0.25, -0.2) is 14.5 Å². The lowest BCUT2D eigenvalue weighted by Crippen LogP contribution is -2.54. The second kappa shape index (κ2) is 25.3. The van der Waals surface area contributed by atoms with Gasteiger partial charge in [-0.1, -0.05) is 50.3 Å². The van der Waals surface area contributed by atoms with Crippen molar-refractivity contribution in [1.29, 1.82) is 0 Å². The summed E-state index contributed by atoms with van der Waals surface area (Å²) >= 11 is 0. The molecule has 5 aliphatic heterocycles. The zero-order chi connectivity index (χ0) is 61.0. The fourth-order valence-electron chi connectivity index (χ4n) is 10.3. The van der Waals surface area contributed by atoms with Crippen LogP contribution in [0, 0.1) is 5.92 Å². The second-order valence-corrected chi connectivity index (χ2v) is 21.1. The van der Waals surface area contributed by atoms with Gasteiger partial charge in [0.2, 0.25) is 17.7 Å². The predicted molar refractivity (Wildman–Crippen MR) is 304 cm³/mol. The zero-order valence-electron chi connectivity index (χ0n) is 47.5. The van der Waals surface area contributed by atoms with E-state index in [0.717, 1.165) is 27.5 Å². The van der Waals surface area contributed by atoms with Gasteiger partial charge in [0.15, 0.2) is 29.2 Å². The van der Waals surface area contributed by atoms with E-state index in [1.165, 1.54) is 57.4 Å². The van der Waals surface area contributed by atoms with Crippen LogP contribution in [-0.4, -0.2) is 156 Å². The van der Waals surface area contributed by atoms with Gasteiger partial charge >= 0.3 is 12.1 Å². The lowest BCUT2D eigenvalue weighted by molar-refractivity contribution is -0.137. The highest BCUT2D eigenvalue weighted by atomic mass is 16.6. The number of carbonyl (C=O) groups excluding carboxylic acids is 9. The van der Waals surface area contributed by atoms with Crippen molar-refractivity contribution in [3.63, 3.8) is 0 Å². The lowest BCUT2D eigenvalue weighted by Gasteiger charge is -2.31. The number of rotatable bonds is 20. The van der Waals surface area contributed by atoms with Crippen LogP contribution in [0.1, 0.15) is 88.1 Å². The van der Waals surface area contributed by atoms with E-state index in [1.54, 1.807) is 61.4 Å². The molecule has 2 fully saturated rings. The van der Waals surface area contributed by atoms with Gasteiger partial charge in [0, 0.05) is 62.2 Å². The molecule has 4 aromatic rings. The van der Waals surface area contributed by atoms with Gasteiger partial charge in [0.25, 0.3) is 23.6 Å². The molecule has 8 amide bonds. The maximum atomic E-state index is 14.4. The number of aliphatic imine (C=N–C) groups is 1. The third-order valence-electron chi connectivity index (χ3n) is 14.7. The number of hydrogen-bond acceptors (Lipinski definition) is 18. The number of aliphatic hydroxyl groups excluding tert-OH is 1. The Hall–Kier alpha value is -9.91. The molecule has 5 atom stereocenters. The van der Waals surface area contributed by atoms with E-state index in [1.807, 2.05) is 0 Å². The number of pyridine rings is 1. The average molecular weight is 1170 g/mol. The van der Waals surface area contributed by atoms with Gasteiger partial charge in [-0.2, -0.15) is 0 Å². The minimum absolute atomic E-state index is 0.0157. The number of nitrogens with one attached hydrogen (secondary N) is 3. The molecule has 4 N–H and O–H groups in total. The molecule has 0 spiro atoms. The number of amides is 8. The molecule has 25 nitrogen and oxygen atoms in total. The molecule has 0 radical (unpaired) electrons. The van der Waals surface area contributed by atoms with Crippen molar-refractivity contribution in [3.8, 4) is 23.0 Å². The third-order valence-corrected chi connectivity index (χ3v) is 14.7. The molecule has 5 aliphatic rings. The average Bonchev–Trinajstić information content (AvgIpc) is 4.38. The smallest absolute Gasteiger partial charge is 0.416 e. The zero-order valence-corrected chi connectivity index (χ0v) is 47.5. The van der Waals surface area contributed by atoms with Crippen LogP contribution in [-0.2, 0) is 53.3 Å². The summed E-state index contributed by atoms with van der Waals surface area (Å²) in [6.07, 6.45) is 1.82. The fourth-order valence-corrected chi connectivity index (χ4v) is 10.3. The monoisotopic (exact) mass is 1170 g/mol. The quantitative estimate of drug-likeness (QED) is 0.0531. The molecule has 3 aromatic carbocycles. The summed E-state index contributed by atoms with van der Waals surface area (Å²) in [5.74, 6) is -4.05. The van der Waals surface area contributed by atoms with E-state index in [-0.39, 0.29) is 115 Å². The Morgan fingerprint density at radius 2 is 1.34 bits per heavy atom. The molecule has 2 saturated heterocycles. The molecular formula is C60H63N9O16. The number of hydrogen-bond donors (Lipinski definition) is 4. The van der Waals surface area contributed by atoms with Crippen LogP contribution in [0.3, 0.4) is 0 Å². The van der Waals surface area contributed by atoms with Crippen LogP contribution < -0.4 is 39.8 Å². The summed E-state index contributed by atoms with van der Waals surface area (Å²) in [7, 11) is 4.03. The molecule has 9 rings (SSSR count). The molecular weight excluding hydrogens is 1100 g/mol. The van der Waals surface area contributed by atoms with Crippen LogP contribution in [0.2, 0.25) is 0 Å². The highest BCUT2D eigenvalue weighted by Gasteiger charge is 2.46. The highest BCUT2D eigenvalue weighted by Crippen LogP contribution is 2.43. The topological polar surface area (TPSA) is 304 Å². The Morgan fingerprint density at radius 1 is 0.729 bits per heavy atom. The van der Waals surface area contributed by atoms with Crippen LogP contribution in [0.15, 0.2) is 102 Å². The Labute approximate surface area is 488 Å². The Kier molecular flexibility index (Phi) is 17.8. The second-order valence-electron chi connectivity index (χ2n) is 21.1. The number of ether oxygens (including phenoxy) is 6. The summed E-state index contributed by atoms with van der Waals surface area (Å²) in [5, 5.41) is 20.0. The van der Waals surface area contributed by atoms with E-state index in [0.29, 0.717) is 41.0 Å². The first-order chi connectivity index (χ1) is 40.6. The number of aliphatic hydroxyl groups is 1. The molecule has 0 saturated carbocycles. The molecule has 25 heteroatoms. The van der Waals surface area contributed by atoms with Crippen molar-refractivity contribution in [2.24, 2.45) is 10.9 Å². The van der Waals surface area contributed by atoms with Crippen LogP contribution in [0.4, 0.5) is 21.9 Å². The SMILES string of the molecule is C=C1C[C@H]2C=Nc3cc(OCc4cc(C(=O)OC)cc(COc5cc6c(cc5OC)C(=O)N5CC(=C)C[C@H]5[C@H](O)N6C(=O)OCc5ccc(NC(=O)C(C)NC(=O)C(NC(=O)CCN6C(=O)C=CC6=O)C(C)C)cc5)n4)c(OC)cc3C(=O)N2C1. The number of benzene rings is 3. The van der Waals surface area contributed by atoms with Gasteiger partial charge in [-0.3, -0.25) is 48.4 Å². The first-order valence-corrected chi connectivity index (χ1v) is 27.1. The highest BCUT2D eigenvalue weighted by molar-refractivity contribution is 6.13. The van der Waals surface area contributed by atoms with Crippen LogP contribution in [0.5, 0.6) is 23.0 Å². The van der Waals surface area contributed by atoms with E-state index in [2.05, 4.69) is 34.1 Å². The molecule has 0 bridgehead atoms. The first kappa shape index (κ1) is 59.7. The van der Waals surface area contributed by atoms with E-state index in [9.17, 15) is 48.3 Å². The molecule has 1 aromatic heterocycles. The third kappa shape index (κ3) is 13.0. The number of anilines is 2. The summed E-state index contributed by atoms with van der Waals surface area (Å²) in [5.41, 5.74) is 3.63. The molecule has 444 valence electrons. The fraction of sp³-hybridized carbons (Fsp3) is 0.350. The minimum Gasteiger partial charge on any atom is -0.493 e. The van der Waals surface area contributed by atoms with Gasteiger partial charge in [-0.15, -0.1) is 0 Å². The van der Waals surface area contributed by atoms with Crippen molar-refractivity contribution in [1.82, 2.24) is 30.3 Å². The number of fused-ring (bicyclic) bond motifs is 4. The van der Waals surface area contributed by atoms with Crippen molar-refractivity contribution in [2.45, 2.75) is 90.2 Å². The maximum Gasteiger partial charge on any atom is 0.416 e. The van der Waals surface area contributed by atoms with Crippen LogP contribution in [0.25, 0.3) is 0 Å². The molecule has 0 aliphatic carbocycles. The maximum absolute atomic E-state index is 14.4. The summed E-state index contributed by atoms with van der Waals surface area (Å²) in [4.78, 5) is 133. The summed E-state index contributed by atoms with van der Waals surface area (Å²) in [6.45, 7) is 12.5. The first-order valence-electron chi connectivity index (χ1n) is 27.1. The number of methoxy groups -OCH3 is 3. The van der Waals surface area contributed by atoms with Gasteiger partial charge in [0.05, 0.1) is 72.9 Å². The lowest BCUT2D eigenvalue weighted by atomic mass is 10.0. The number of imide groups is 1. The van der Waals surface area contributed by atoms with Crippen molar-refractivity contribution in [2.75, 3.05) is 51.2 Å². The van der Waals surface area contributed by atoms with Crippen molar-refractivity contribution < 1.29 is 76.7 Å². The normalized spacial score (nSPS) is 18.4. The summed E-state index contributed by atoms with van der Waals surface area (Å²) in [6, 6.07) is 11.9. The van der Waals surface area contributed by atoms with Gasteiger partial charge in [-0.05, 0) is 67.6 Å². The number of esters is 1. The molecule has 2 unspecified atom stereocenters. The predicted octanol–water partition coefficient (Wildman–Crippen LogP) is 4.68. The molecule has 85 heavy (non-hydrogen) atoms. The van der Waals surface area contributed by atoms with Crippen LogP contribution >= 0.6 is 0 Å². The van der Waals surface area contributed by atoms with Gasteiger partial charge in [0.1, 0.15) is 31.9 Å². The van der Waals surface area contributed by atoms with Crippen molar-refractivity contribution in [3.05, 3.63) is 131 Å². The largest absolute Gasteiger partial charge is 0.493 e. The van der Waals surface area contributed by atoms with Crippen molar-refractivity contribution >= 4 is 76.7 Å². The van der Waals surface area contributed by atoms with E-state index >= 15 is 0 Å². The Bertz CT molecular complexity index is 3470. The standard InChI is InChI=1S/C60H63N9O16/c1-31(2)53(65-50(70)15-16-66-51(71)13-14-52(66)72)55(74)62-34(5)54(73)64-37-11-9-35(10-12-37)28-85-60(79)69-44-24-49(47(81-7)22-42(44)57(76)68-27-33(4)18-45(68)58(69)77)84-30-39-20-36(59(78)82-8)19-38(63-39)29-83-48-23-43-41(21-46(48)80-6)56(75)67-26-32(3)17-40(67)25-61-43/h9-14,19-25,31,34,40,45,53,58,77H,3-4,15-18,26-30H2,1-2,5-8H3,(H,62,74)(H,64,73)(H,65,70)/t34?,40-,45-,53?,58-/m0/s1. The van der Waals surface area contributed by atoms with E-state index < -0.39 is 71.9 Å². The number of nitrogens with zero attached hydrogens (tertiary/aromatic N) is 6. The minimum atomic E-state index is -1.63. The number of aromatic nitrogens is 1.